The molecular formula is C9H9N3O2. The first kappa shape index (κ1) is 8.68. The van der Waals surface area contributed by atoms with Gasteiger partial charge in [0.2, 0.25) is 0 Å². The zero-order valence-corrected chi connectivity index (χ0v) is 7.85. The maximum Gasteiger partial charge on any atom is 0.358 e. The Morgan fingerprint density at radius 2 is 2.29 bits per heavy atom. The number of hydrogen-bond donors (Lipinski definition) is 1. The number of pyridine rings is 1. The van der Waals surface area contributed by atoms with Crippen molar-refractivity contribution in [1.82, 2.24) is 14.8 Å². The summed E-state index contributed by atoms with van der Waals surface area (Å²) in [5.74, 6) is -1.05. The second-order valence-electron chi connectivity index (χ2n) is 3.10. The van der Waals surface area contributed by atoms with Crippen molar-refractivity contribution in [3.63, 3.8) is 0 Å². The number of aryl methyl sites for hydroxylation is 2. The van der Waals surface area contributed by atoms with Crippen LogP contribution < -0.4 is 0 Å². The van der Waals surface area contributed by atoms with E-state index in [4.69, 9.17) is 5.11 Å². The molecule has 0 aliphatic carbocycles. The minimum absolute atomic E-state index is 0.00574. The Bertz CT molecular complexity index is 516. The van der Waals surface area contributed by atoms with Crippen molar-refractivity contribution in [2.45, 2.75) is 6.92 Å². The summed E-state index contributed by atoms with van der Waals surface area (Å²) in [7, 11) is 1.71. The van der Waals surface area contributed by atoms with E-state index in [-0.39, 0.29) is 5.69 Å². The lowest BCUT2D eigenvalue weighted by molar-refractivity contribution is 0.0691. The molecular weight excluding hydrogens is 182 g/mol. The van der Waals surface area contributed by atoms with Crippen LogP contribution in [0.1, 0.15) is 16.1 Å². The molecule has 2 aromatic heterocycles. The van der Waals surface area contributed by atoms with Gasteiger partial charge in [-0.3, -0.25) is 9.67 Å². The van der Waals surface area contributed by atoms with Crippen molar-refractivity contribution in [2.24, 2.45) is 7.05 Å². The fourth-order valence-electron chi connectivity index (χ4n) is 1.52. The van der Waals surface area contributed by atoms with E-state index < -0.39 is 5.97 Å². The Labute approximate surface area is 80.0 Å². The maximum absolute atomic E-state index is 10.8. The molecule has 72 valence electrons. The number of aromatic carboxylic acids is 1. The van der Waals surface area contributed by atoms with Gasteiger partial charge in [-0.05, 0) is 18.6 Å². The summed E-state index contributed by atoms with van der Waals surface area (Å²) in [4.78, 5) is 14.8. The average Bonchev–Trinajstić information content (AvgIpc) is 2.45. The van der Waals surface area contributed by atoms with Crippen LogP contribution in [-0.4, -0.2) is 25.8 Å². The minimum atomic E-state index is -1.05. The van der Waals surface area contributed by atoms with E-state index in [9.17, 15) is 4.79 Å². The molecule has 2 aromatic rings. The fraction of sp³-hybridized carbons (Fsp3) is 0.222. The third-order valence-corrected chi connectivity index (χ3v) is 2.13. The van der Waals surface area contributed by atoms with E-state index in [0.717, 1.165) is 11.1 Å². The van der Waals surface area contributed by atoms with Crippen LogP contribution in [0.4, 0.5) is 0 Å². The van der Waals surface area contributed by atoms with Gasteiger partial charge in [0.25, 0.3) is 0 Å². The number of nitrogens with zero attached hydrogens (tertiary/aromatic N) is 3. The third kappa shape index (κ3) is 1.06. The highest BCUT2D eigenvalue weighted by Crippen LogP contribution is 2.18. The molecule has 0 spiro atoms. The Kier molecular flexibility index (Phi) is 1.73. The topological polar surface area (TPSA) is 68.0 Å². The molecule has 1 N–H and O–H groups in total. The second-order valence-corrected chi connectivity index (χ2v) is 3.10. The maximum atomic E-state index is 10.8. The first-order valence-corrected chi connectivity index (χ1v) is 4.13. The van der Waals surface area contributed by atoms with Gasteiger partial charge in [-0.25, -0.2) is 4.79 Å². The molecule has 0 aliphatic rings. The molecule has 0 saturated carbocycles. The predicted octanol–water partition coefficient (Wildman–Crippen LogP) is 0.975. The molecule has 0 amide bonds. The van der Waals surface area contributed by atoms with E-state index in [2.05, 4.69) is 10.1 Å². The fourth-order valence-corrected chi connectivity index (χ4v) is 1.52. The lowest BCUT2D eigenvalue weighted by Crippen LogP contribution is -1.99. The van der Waals surface area contributed by atoms with Crippen molar-refractivity contribution < 1.29 is 9.90 Å². The van der Waals surface area contributed by atoms with E-state index in [1.165, 1.54) is 0 Å². The first-order chi connectivity index (χ1) is 6.61. The molecule has 5 heteroatoms. The number of fused-ring (bicyclic) bond motifs is 1. The minimum Gasteiger partial charge on any atom is -0.476 e. The van der Waals surface area contributed by atoms with E-state index >= 15 is 0 Å². The molecule has 0 atom stereocenters. The molecule has 2 rings (SSSR count). The average molecular weight is 191 g/mol. The number of aromatic nitrogens is 3. The number of hydrogen-bond acceptors (Lipinski definition) is 3. The van der Waals surface area contributed by atoms with Crippen LogP contribution in [0.3, 0.4) is 0 Å². The monoisotopic (exact) mass is 191 g/mol. The van der Waals surface area contributed by atoms with Gasteiger partial charge in [0.1, 0.15) is 5.52 Å². The van der Waals surface area contributed by atoms with Gasteiger partial charge < -0.3 is 5.11 Å². The molecule has 0 bridgehead atoms. The highest BCUT2D eigenvalue weighted by molar-refractivity contribution is 5.99. The molecule has 0 radical (unpaired) electrons. The van der Waals surface area contributed by atoms with Crippen molar-refractivity contribution in [2.75, 3.05) is 0 Å². The van der Waals surface area contributed by atoms with Crippen molar-refractivity contribution in [3.05, 3.63) is 23.5 Å². The summed E-state index contributed by atoms with van der Waals surface area (Å²) in [5, 5.41) is 12.8. The molecule has 0 aliphatic heterocycles. The zero-order valence-electron chi connectivity index (χ0n) is 7.85. The van der Waals surface area contributed by atoms with Crippen LogP contribution in [0.15, 0.2) is 12.3 Å². The molecule has 5 nitrogen and oxygen atoms in total. The highest BCUT2D eigenvalue weighted by Gasteiger charge is 2.16. The van der Waals surface area contributed by atoms with E-state index in [1.54, 1.807) is 17.9 Å². The third-order valence-electron chi connectivity index (χ3n) is 2.13. The van der Waals surface area contributed by atoms with Crippen LogP contribution in [0.5, 0.6) is 0 Å². The lowest BCUT2D eigenvalue weighted by atomic mass is 10.2. The molecule has 0 fully saturated rings. The summed E-state index contributed by atoms with van der Waals surface area (Å²) < 4.78 is 1.54. The van der Waals surface area contributed by atoms with Crippen molar-refractivity contribution in [3.8, 4) is 0 Å². The molecule has 0 saturated heterocycles. The Hall–Kier alpha value is -1.91. The lowest BCUT2D eigenvalue weighted by Gasteiger charge is -1.96. The smallest absolute Gasteiger partial charge is 0.358 e. The summed E-state index contributed by atoms with van der Waals surface area (Å²) in [6, 6.07) is 1.83. The number of rotatable bonds is 1. The highest BCUT2D eigenvalue weighted by atomic mass is 16.4. The number of carboxylic acids is 1. The predicted molar refractivity (Wildman–Crippen MR) is 50.2 cm³/mol. The number of carbonyl (C=O) groups is 1. The normalized spacial score (nSPS) is 10.7. The molecule has 14 heavy (non-hydrogen) atoms. The largest absolute Gasteiger partial charge is 0.476 e. The Morgan fingerprint density at radius 1 is 1.57 bits per heavy atom. The van der Waals surface area contributed by atoms with Crippen LogP contribution in [0, 0.1) is 6.92 Å². The summed E-state index contributed by atoms with van der Waals surface area (Å²) in [6.07, 6.45) is 1.59. The van der Waals surface area contributed by atoms with Crippen LogP contribution in [0.25, 0.3) is 11.0 Å². The van der Waals surface area contributed by atoms with E-state index in [1.807, 2.05) is 13.0 Å². The van der Waals surface area contributed by atoms with Gasteiger partial charge in [-0.2, -0.15) is 5.10 Å². The van der Waals surface area contributed by atoms with Crippen LogP contribution >= 0.6 is 0 Å². The molecule has 2 heterocycles. The van der Waals surface area contributed by atoms with E-state index in [0.29, 0.717) is 5.52 Å². The second kappa shape index (κ2) is 2.80. The van der Waals surface area contributed by atoms with Crippen LogP contribution in [-0.2, 0) is 7.05 Å². The SMILES string of the molecule is Cc1ccnc2c(C(=O)O)nn(C)c12. The van der Waals surface area contributed by atoms with Crippen LogP contribution in [0.2, 0.25) is 0 Å². The molecule has 0 aromatic carbocycles. The standard InChI is InChI=1S/C9H9N3O2/c1-5-3-4-10-6-7(9(13)14)11-12(2)8(5)6/h3-4H,1-2H3,(H,13,14). The summed E-state index contributed by atoms with van der Waals surface area (Å²) in [6.45, 7) is 1.90. The van der Waals surface area contributed by atoms with Gasteiger partial charge in [0.05, 0.1) is 5.52 Å². The summed E-state index contributed by atoms with van der Waals surface area (Å²) in [5.41, 5.74) is 2.19. The zero-order chi connectivity index (χ0) is 10.3. The van der Waals surface area contributed by atoms with Gasteiger partial charge in [-0.1, -0.05) is 0 Å². The Balaban J connectivity index is 2.91. The quantitative estimate of drug-likeness (QED) is 0.729. The van der Waals surface area contributed by atoms with Gasteiger partial charge in [-0.15, -0.1) is 0 Å². The number of carboxylic acid groups (broad SMARTS) is 1. The molecule has 0 unspecified atom stereocenters. The summed E-state index contributed by atoms with van der Waals surface area (Å²) >= 11 is 0. The van der Waals surface area contributed by atoms with Crippen molar-refractivity contribution >= 4 is 17.0 Å². The van der Waals surface area contributed by atoms with Gasteiger partial charge >= 0.3 is 5.97 Å². The van der Waals surface area contributed by atoms with Crippen molar-refractivity contribution in [1.29, 1.82) is 0 Å². The Morgan fingerprint density at radius 3 is 2.93 bits per heavy atom. The van der Waals surface area contributed by atoms with Gasteiger partial charge in [0, 0.05) is 13.2 Å². The first-order valence-electron chi connectivity index (χ1n) is 4.13. The van der Waals surface area contributed by atoms with Gasteiger partial charge in [0.15, 0.2) is 5.69 Å².